The summed E-state index contributed by atoms with van der Waals surface area (Å²) in [5.41, 5.74) is 0.910. The van der Waals surface area contributed by atoms with E-state index >= 15 is 0 Å². The van der Waals surface area contributed by atoms with E-state index in [-0.39, 0.29) is 34.1 Å². The number of halogens is 1. The van der Waals surface area contributed by atoms with Gasteiger partial charge in [0, 0.05) is 30.4 Å². The fourth-order valence-corrected chi connectivity index (χ4v) is 5.43. The second-order valence-corrected chi connectivity index (χ2v) is 10.4. The van der Waals surface area contributed by atoms with Crippen molar-refractivity contribution in [1.82, 2.24) is 14.5 Å². The SMILES string of the molecule is CCn1c(=O)n(CC2CC2)c(=O)c2cc(C(=O)N[C@H]3CCC[C@H]3C(=O)Nc3ccc(C#N)c(Cl)c3)ccc21. The molecule has 0 bridgehead atoms. The predicted molar refractivity (Wildman–Crippen MR) is 144 cm³/mol. The molecule has 10 heteroatoms. The Kier molecular flexibility index (Phi) is 7.09. The van der Waals surface area contributed by atoms with E-state index in [0.717, 1.165) is 19.3 Å². The number of benzene rings is 2. The minimum atomic E-state index is -0.435. The average molecular weight is 534 g/mol. The van der Waals surface area contributed by atoms with Crippen LogP contribution in [0.1, 0.15) is 54.9 Å². The average Bonchev–Trinajstić information content (AvgIpc) is 3.61. The summed E-state index contributed by atoms with van der Waals surface area (Å²) >= 11 is 6.08. The first-order chi connectivity index (χ1) is 18.3. The summed E-state index contributed by atoms with van der Waals surface area (Å²) < 4.78 is 2.85. The molecule has 5 rings (SSSR count). The largest absolute Gasteiger partial charge is 0.349 e. The van der Waals surface area contributed by atoms with Crippen LogP contribution < -0.4 is 21.9 Å². The molecule has 3 aromatic rings. The van der Waals surface area contributed by atoms with Crippen LogP contribution in [0.2, 0.25) is 5.02 Å². The summed E-state index contributed by atoms with van der Waals surface area (Å²) in [6.07, 6.45) is 4.06. The lowest BCUT2D eigenvalue weighted by Crippen LogP contribution is -2.42. The molecule has 0 unspecified atom stereocenters. The van der Waals surface area contributed by atoms with Gasteiger partial charge in [0.05, 0.1) is 27.4 Å². The third-order valence-electron chi connectivity index (χ3n) is 7.47. The van der Waals surface area contributed by atoms with Gasteiger partial charge >= 0.3 is 5.69 Å². The predicted octanol–water partition coefficient (Wildman–Crippen LogP) is 3.66. The van der Waals surface area contributed by atoms with E-state index < -0.39 is 5.92 Å². The topological polar surface area (TPSA) is 126 Å². The van der Waals surface area contributed by atoms with Crippen molar-refractivity contribution in [1.29, 1.82) is 5.26 Å². The van der Waals surface area contributed by atoms with Crippen molar-refractivity contribution < 1.29 is 9.59 Å². The second kappa shape index (κ2) is 10.5. The van der Waals surface area contributed by atoms with Crippen LogP contribution in [0.4, 0.5) is 5.69 Å². The van der Waals surface area contributed by atoms with E-state index in [1.165, 1.54) is 10.6 Å². The minimum absolute atomic E-state index is 0.234. The molecule has 2 amide bonds. The van der Waals surface area contributed by atoms with Crippen LogP contribution in [-0.2, 0) is 17.9 Å². The van der Waals surface area contributed by atoms with Crippen molar-refractivity contribution >= 4 is 40.0 Å². The third kappa shape index (κ3) is 4.96. The molecule has 0 radical (unpaired) electrons. The van der Waals surface area contributed by atoms with Gasteiger partial charge in [-0.15, -0.1) is 0 Å². The molecule has 196 valence electrons. The maximum atomic E-state index is 13.2. The lowest BCUT2D eigenvalue weighted by molar-refractivity contribution is -0.120. The number of carbonyl (C=O) groups excluding carboxylic acids is 2. The van der Waals surface area contributed by atoms with E-state index in [1.807, 2.05) is 13.0 Å². The minimum Gasteiger partial charge on any atom is -0.349 e. The van der Waals surface area contributed by atoms with E-state index in [1.54, 1.807) is 34.9 Å². The summed E-state index contributed by atoms with van der Waals surface area (Å²) in [5.74, 6) is -0.697. The molecule has 38 heavy (non-hydrogen) atoms. The van der Waals surface area contributed by atoms with Crippen LogP contribution in [0.15, 0.2) is 46.0 Å². The van der Waals surface area contributed by atoms with E-state index in [2.05, 4.69) is 10.6 Å². The number of rotatable bonds is 7. The highest BCUT2D eigenvalue weighted by Gasteiger charge is 2.34. The van der Waals surface area contributed by atoms with Crippen molar-refractivity contribution in [3.05, 3.63) is 73.4 Å². The Labute approximate surface area is 224 Å². The number of anilines is 1. The van der Waals surface area contributed by atoms with Gasteiger partial charge in [-0.05, 0) is 74.9 Å². The maximum Gasteiger partial charge on any atom is 0.331 e. The van der Waals surface area contributed by atoms with Crippen LogP contribution in [-0.4, -0.2) is 27.0 Å². The number of hydrogen-bond acceptors (Lipinski definition) is 5. The summed E-state index contributed by atoms with van der Waals surface area (Å²) in [5, 5.41) is 15.4. The van der Waals surface area contributed by atoms with Crippen molar-refractivity contribution in [2.24, 2.45) is 11.8 Å². The first-order valence-electron chi connectivity index (χ1n) is 12.9. The third-order valence-corrected chi connectivity index (χ3v) is 7.78. The van der Waals surface area contributed by atoms with Crippen LogP contribution in [0.5, 0.6) is 0 Å². The van der Waals surface area contributed by atoms with Gasteiger partial charge in [-0.3, -0.25) is 23.5 Å². The summed E-state index contributed by atoms with van der Waals surface area (Å²) in [4.78, 5) is 52.4. The summed E-state index contributed by atoms with van der Waals surface area (Å²) in [7, 11) is 0. The Balaban J connectivity index is 1.36. The molecule has 2 aromatic carbocycles. The molecule has 1 aromatic heterocycles. The smallest absolute Gasteiger partial charge is 0.331 e. The molecule has 2 aliphatic rings. The molecular weight excluding hydrogens is 506 g/mol. The number of nitrogens with one attached hydrogen (secondary N) is 2. The van der Waals surface area contributed by atoms with Gasteiger partial charge in [0.25, 0.3) is 11.5 Å². The van der Waals surface area contributed by atoms with Crippen LogP contribution >= 0.6 is 11.6 Å². The Morgan fingerprint density at radius 3 is 2.55 bits per heavy atom. The van der Waals surface area contributed by atoms with Crippen molar-refractivity contribution in [2.45, 2.75) is 58.2 Å². The first kappa shape index (κ1) is 25.7. The Morgan fingerprint density at radius 1 is 1.08 bits per heavy atom. The second-order valence-electron chi connectivity index (χ2n) is 10.0. The monoisotopic (exact) mass is 533 g/mol. The van der Waals surface area contributed by atoms with Gasteiger partial charge in [0.2, 0.25) is 5.91 Å². The quantitative estimate of drug-likeness (QED) is 0.479. The van der Waals surface area contributed by atoms with Gasteiger partial charge in [-0.25, -0.2) is 4.79 Å². The highest BCUT2D eigenvalue weighted by molar-refractivity contribution is 6.32. The molecule has 0 spiro atoms. The number of nitrogens with zero attached hydrogens (tertiary/aromatic N) is 3. The van der Waals surface area contributed by atoms with Crippen molar-refractivity contribution in [3.8, 4) is 6.07 Å². The van der Waals surface area contributed by atoms with Gasteiger partial charge in [-0.2, -0.15) is 5.26 Å². The number of nitriles is 1. The highest BCUT2D eigenvalue weighted by atomic mass is 35.5. The standard InChI is InChI=1S/C28H28ClN5O4/c1-2-33-24-11-9-17(12-21(24)27(37)34(28(33)38)15-16-6-7-16)25(35)32-23-5-3-4-20(23)26(36)31-19-10-8-18(14-30)22(29)13-19/h8-13,16,20,23H,2-7,15H2,1H3,(H,31,36)(H,32,35)/t20-,23+/m1/s1. The number of amides is 2. The van der Waals surface area contributed by atoms with Crippen LogP contribution in [0.3, 0.4) is 0 Å². The number of fused-ring (bicyclic) bond motifs is 1. The molecule has 0 saturated heterocycles. The number of aromatic nitrogens is 2. The number of hydrogen-bond donors (Lipinski definition) is 2. The molecule has 1 heterocycles. The summed E-state index contributed by atoms with van der Waals surface area (Å²) in [6, 6.07) is 11.1. The zero-order valence-electron chi connectivity index (χ0n) is 21.0. The maximum absolute atomic E-state index is 13.2. The normalized spacial score (nSPS) is 18.8. The Bertz CT molecular complexity index is 1600. The van der Waals surface area contributed by atoms with Gasteiger partial charge in [-0.1, -0.05) is 18.0 Å². The van der Waals surface area contributed by atoms with E-state index in [0.29, 0.717) is 59.6 Å². The fourth-order valence-electron chi connectivity index (χ4n) is 5.21. The molecule has 2 atom stereocenters. The molecule has 2 saturated carbocycles. The van der Waals surface area contributed by atoms with E-state index in [9.17, 15) is 19.2 Å². The molecule has 2 aliphatic carbocycles. The van der Waals surface area contributed by atoms with Crippen LogP contribution in [0, 0.1) is 23.2 Å². The van der Waals surface area contributed by atoms with Crippen LogP contribution in [0.25, 0.3) is 10.9 Å². The molecule has 0 aliphatic heterocycles. The molecule has 2 fully saturated rings. The first-order valence-corrected chi connectivity index (χ1v) is 13.3. The molecular formula is C28H28ClN5O4. The van der Waals surface area contributed by atoms with Crippen molar-refractivity contribution in [2.75, 3.05) is 5.32 Å². The van der Waals surface area contributed by atoms with Gasteiger partial charge in [0.1, 0.15) is 6.07 Å². The zero-order chi connectivity index (χ0) is 27.0. The summed E-state index contributed by atoms with van der Waals surface area (Å²) in [6.45, 7) is 2.66. The Morgan fingerprint density at radius 2 is 1.87 bits per heavy atom. The number of aryl methyl sites for hydroxylation is 1. The lowest BCUT2D eigenvalue weighted by atomic mass is 10.0. The van der Waals surface area contributed by atoms with Crippen molar-refractivity contribution in [3.63, 3.8) is 0 Å². The van der Waals surface area contributed by atoms with Gasteiger partial charge in [0.15, 0.2) is 0 Å². The van der Waals surface area contributed by atoms with E-state index in [4.69, 9.17) is 16.9 Å². The number of carbonyl (C=O) groups is 2. The highest BCUT2D eigenvalue weighted by Crippen LogP contribution is 2.30. The fraction of sp³-hybridized carbons (Fsp3) is 0.393. The molecule has 9 nitrogen and oxygen atoms in total. The zero-order valence-corrected chi connectivity index (χ0v) is 21.8. The van der Waals surface area contributed by atoms with Gasteiger partial charge < -0.3 is 10.6 Å². The lowest BCUT2D eigenvalue weighted by Gasteiger charge is -2.21. The Hall–Kier alpha value is -3.90. The molecule has 2 N–H and O–H groups in total.